The van der Waals surface area contributed by atoms with Crippen LogP contribution in [0.3, 0.4) is 0 Å². The number of nitrogens with zero attached hydrogens (tertiary/aromatic N) is 2. The molecule has 0 aliphatic heterocycles. The van der Waals surface area contributed by atoms with Crippen molar-refractivity contribution < 1.29 is 18.7 Å². The van der Waals surface area contributed by atoms with E-state index in [1.54, 1.807) is 50.4 Å². The molecule has 1 aromatic heterocycles. The van der Waals surface area contributed by atoms with Crippen LogP contribution in [0.2, 0.25) is 0 Å². The van der Waals surface area contributed by atoms with Gasteiger partial charge in [0.25, 0.3) is 5.91 Å². The Bertz CT molecular complexity index is 1190. The fourth-order valence-electron chi connectivity index (χ4n) is 4.58. The van der Waals surface area contributed by atoms with E-state index in [4.69, 9.17) is 4.74 Å². The maximum Gasteiger partial charge on any atom is 0.271 e. The summed E-state index contributed by atoms with van der Waals surface area (Å²) in [5, 5.41) is 3.91. The molecule has 2 amide bonds. The first-order valence-electron chi connectivity index (χ1n) is 11.8. The number of methoxy groups -OCH3 is 1. The number of hydrogen-bond acceptors (Lipinski definition) is 5. The predicted octanol–water partition coefficient (Wildman–Crippen LogP) is 5.74. The minimum absolute atomic E-state index is 0.0499. The Balaban J connectivity index is 1.82. The number of ether oxygens (including phenoxy) is 1. The lowest BCUT2D eigenvalue weighted by Crippen LogP contribution is -2.47. The second-order valence-electron chi connectivity index (χ2n) is 8.82. The molecular weight excluding hydrogens is 465 g/mol. The second-order valence-corrected chi connectivity index (χ2v) is 10.0. The second kappa shape index (κ2) is 11.0. The monoisotopic (exact) mass is 495 g/mol. The van der Waals surface area contributed by atoms with Gasteiger partial charge >= 0.3 is 0 Å². The van der Waals surface area contributed by atoms with Crippen molar-refractivity contribution in [1.29, 1.82) is 0 Å². The number of benzene rings is 2. The van der Waals surface area contributed by atoms with Gasteiger partial charge in [-0.3, -0.25) is 14.5 Å². The quantitative estimate of drug-likeness (QED) is 0.453. The highest BCUT2D eigenvalue weighted by Crippen LogP contribution is 2.33. The van der Waals surface area contributed by atoms with Gasteiger partial charge in [0, 0.05) is 11.7 Å². The Morgan fingerprint density at radius 2 is 1.83 bits per heavy atom. The number of aryl methyl sites for hydroxylation is 2. The minimum Gasteiger partial charge on any atom is -0.497 e. The molecule has 1 atom stereocenters. The molecule has 6 nitrogen and oxygen atoms in total. The van der Waals surface area contributed by atoms with Crippen molar-refractivity contribution in [3.8, 4) is 5.75 Å². The van der Waals surface area contributed by atoms with Crippen molar-refractivity contribution >= 4 is 28.8 Å². The fraction of sp³-hybridized carbons (Fsp3) is 0.370. The number of nitrogens with one attached hydrogen (secondary N) is 1. The third-order valence-electron chi connectivity index (χ3n) is 6.29. The van der Waals surface area contributed by atoms with E-state index in [2.05, 4.69) is 10.3 Å². The van der Waals surface area contributed by atoms with Gasteiger partial charge < -0.3 is 10.1 Å². The molecule has 0 radical (unpaired) electrons. The maximum absolute atomic E-state index is 14.4. The van der Waals surface area contributed by atoms with Gasteiger partial charge in [0.15, 0.2) is 0 Å². The van der Waals surface area contributed by atoms with Crippen LogP contribution in [0, 0.1) is 19.7 Å². The van der Waals surface area contributed by atoms with E-state index >= 15 is 0 Å². The first-order chi connectivity index (χ1) is 16.9. The smallest absolute Gasteiger partial charge is 0.271 e. The Labute approximate surface area is 209 Å². The zero-order valence-corrected chi connectivity index (χ0v) is 21.0. The zero-order valence-electron chi connectivity index (χ0n) is 20.2. The van der Waals surface area contributed by atoms with Crippen molar-refractivity contribution in [1.82, 2.24) is 10.3 Å². The number of anilines is 1. The molecule has 184 valence electrons. The molecule has 1 N–H and O–H groups in total. The van der Waals surface area contributed by atoms with Gasteiger partial charge in [-0.25, -0.2) is 9.37 Å². The van der Waals surface area contributed by atoms with Crippen LogP contribution in [0.15, 0.2) is 48.5 Å². The predicted molar refractivity (Wildman–Crippen MR) is 136 cm³/mol. The molecule has 1 aliphatic rings. The van der Waals surface area contributed by atoms with E-state index in [1.807, 2.05) is 6.92 Å². The highest BCUT2D eigenvalue weighted by Gasteiger charge is 2.36. The highest BCUT2D eigenvalue weighted by atomic mass is 32.1. The first-order valence-corrected chi connectivity index (χ1v) is 12.7. The molecule has 0 saturated heterocycles. The number of carbonyl (C=O) groups is 2. The van der Waals surface area contributed by atoms with Crippen LogP contribution in [0.1, 0.15) is 64.1 Å². The number of hydrogen-bond donors (Lipinski definition) is 1. The Kier molecular flexibility index (Phi) is 7.80. The van der Waals surface area contributed by atoms with Gasteiger partial charge in [-0.2, -0.15) is 0 Å². The molecule has 35 heavy (non-hydrogen) atoms. The van der Waals surface area contributed by atoms with Crippen molar-refractivity contribution in [2.45, 2.75) is 58.0 Å². The lowest BCUT2D eigenvalue weighted by atomic mass is 9.94. The van der Waals surface area contributed by atoms with Gasteiger partial charge in [-0.15, -0.1) is 11.3 Å². The average molecular weight is 496 g/mol. The number of rotatable bonds is 7. The summed E-state index contributed by atoms with van der Waals surface area (Å²) in [7, 11) is 1.57. The lowest BCUT2D eigenvalue weighted by Gasteiger charge is -2.33. The van der Waals surface area contributed by atoms with Crippen molar-refractivity contribution in [2.24, 2.45) is 0 Å². The molecule has 1 aliphatic carbocycles. The largest absolute Gasteiger partial charge is 0.497 e. The Morgan fingerprint density at radius 3 is 2.43 bits per heavy atom. The third kappa shape index (κ3) is 5.70. The lowest BCUT2D eigenvalue weighted by molar-refractivity contribution is -0.123. The van der Waals surface area contributed by atoms with E-state index in [-0.39, 0.29) is 11.9 Å². The standard InChI is InChI=1S/C27H30FN3O3S/c1-17-25(35-18(2)29-17)27(33)31(22-11-7-8-20(28)16-22)24(19-12-14-23(34-3)15-13-19)26(32)30-21-9-5-4-6-10-21/h7-8,11-16,21,24H,4-6,9-10H2,1-3H3,(H,30,32)/t24-/m1/s1. The van der Waals surface area contributed by atoms with E-state index in [0.717, 1.165) is 37.1 Å². The van der Waals surface area contributed by atoms with Crippen LogP contribution >= 0.6 is 11.3 Å². The first kappa shape index (κ1) is 24.9. The topological polar surface area (TPSA) is 71.5 Å². The molecule has 1 fully saturated rings. The molecular formula is C27H30FN3O3S. The van der Waals surface area contributed by atoms with E-state index < -0.39 is 17.8 Å². The molecule has 8 heteroatoms. The van der Waals surface area contributed by atoms with Gasteiger partial charge in [-0.05, 0) is 62.6 Å². The van der Waals surface area contributed by atoms with Crippen LogP contribution in [0.5, 0.6) is 5.75 Å². The average Bonchev–Trinajstić information content (AvgIpc) is 3.20. The van der Waals surface area contributed by atoms with Crippen LogP contribution < -0.4 is 15.0 Å². The summed E-state index contributed by atoms with van der Waals surface area (Å²) in [4.78, 5) is 34.1. The number of amides is 2. The molecule has 1 saturated carbocycles. The van der Waals surface area contributed by atoms with Crippen LogP contribution in [0.25, 0.3) is 0 Å². The van der Waals surface area contributed by atoms with Crippen LogP contribution in [-0.2, 0) is 4.79 Å². The molecule has 2 aromatic carbocycles. The van der Waals surface area contributed by atoms with Gasteiger partial charge in [0.1, 0.15) is 22.5 Å². The molecule has 0 unspecified atom stereocenters. The molecule has 4 rings (SSSR count). The fourth-order valence-corrected chi connectivity index (χ4v) is 5.44. The number of thiazole rings is 1. The summed E-state index contributed by atoms with van der Waals surface area (Å²) < 4.78 is 19.6. The van der Waals surface area contributed by atoms with E-state index in [1.165, 1.54) is 28.4 Å². The Morgan fingerprint density at radius 1 is 1.11 bits per heavy atom. The Hall–Kier alpha value is -3.26. The maximum atomic E-state index is 14.4. The number of carbonyl (C=O) groups excluding carboxylic acids is 2. The van der Waals surface area contributed by atoms with Crippen molar-refractivity contribution in [3.63, 3.8) is 0 Å². The van der Waals surface area contributed by atoms with E-state index in [0.29, 0.717) is 27.6 Å². The molecule has 0 bridgehead atoms. The number of halogens is 1. The molecule has 3 aromatic rings. The van der Waals surface area contributed by atoms with Crippen molar-refractivity contribution in [2.75, 3.05) is 12.0 Å². The highest BCUT2D eigenvalue weighted by molar-refractivity contribution is 7.13. The normalized spacial score (nSPS) is 14.9. The van der Waals surface area contributed by atoms with E-state index in [9.17, 15) is 14.0 Å². The zero-order chi connectivity index (χ0) is 24.9. The SMILES string of the molecule is COc1ccc([C@H](C(=O)NC2CCCCC2)N(C(=O)c2sc(C)nc2C)c2cccc(F)c2)cc1. The van der Waals surface area contributed by atoms with Crippen molar-refractivity contribution in [3.05, 3.63) is 75.5 Å². The van der Waals surface area contributed by atoms with Crippen LogP contribution in [-0.4, -0.2) is 29.9 Å². The van der Waals surface area contributed by atoms with Gasteiger partial charge in [0.05, 0.1) is 17.8 Å². The van der Waals surface area contributed by atoms with Gasteiger partial charge in [0.2, 0.25) is 5.91 Å². The summed E-state index contributed by atoms with van der Waals surface area (Å²) in [6.07, 6.45) is 5.09. The minimum atomic E-state index is -1.00. The summed E-state index contributed by atoms with van der Waals surface area (Å²) in [6, 6.07) is 11.9. The van der Waals surface area contributed by atoms with Gasteiger partial charge in [-0.1, -0.05) is 37.5 Å². The summed E-state index contributed by atoms with van der Waals surface area (Å²) in [5.74, 6) is -0.534. The summed E-state index contributed by atoms with van der Waals surface area (Å²) >= 11 is 1.27. The summed E-state index contributed by atoms with van der Waals surface area (Å²) in [5.41, 5.74) is 1.50. The molecule has 1 heterocycles. The molecule has 0 spiro atoms. The summed E-state index contributed by atoms with van der Waals surface area (Å²) in [6.45, 7) is 3.60. The van der Waals surface area contributed by atoms with Crippen LogP contribution in [0.4, 0.5) is 10.1 Å². The third-order valence-corrected chi connectivity index (χ3v) is 7.35. The number of aromatic nitrogens is 1.